The summed E-state index contributed by atoms with van der Waals surface area (Å²) in [6, 6.07) is 1.98. The summed E-state index contributed by atoms with van der Waals surface area (Å²) in [5.41, 5.74) is 0. The first-order chi connectivity index (χ1) is 4.74. The summed E-state index contributed by atoms with van der Waals surface area (Å²) in [7, 11) is 1.64. The van der Waals surface area contributed by atoms with Gasteiger partial charge in [-0.05, 0) is 17.5 Å². The van der Waals surface area contributed by atoms with E-state index in [4.69, 9.17) is 4.74 Å². The molecule has 0 spiro atoms. The van der Waals surface area contributed by atoms with Crippen LogP contribution in [0.1, 0.15) is 24.6 Å². The highest BCUT2D eigenvalue weighted by Crippen LogP contribution is 2.23. The zero-order chi connectivity index (χ0) is 7.56. The average Bonchev–Trinajstić information content (AvgIpc) is 2.34. The van der Waals surface area contributed by atoms with Gasteiger partial charge < -0.3 is 4.74 Å². The Balaban J connectivity index is 2.78. The first-order valence-electron chi connectivity index (χ1n) is 3.24. The molecule has 56 valence electrons. The zero-order valence-corrected chi connectivity index (χ0v) is 7.23. The maximum absolute atomic E-state index is 4.94. The molecule has 0 amide bonds. The lowest BCUT2D eigenvalue weighted by molar-refractivity contribution is 0.402. The maximum atomic E-state index is 4.94. The fourth-order valence-corrected chi connectivity index (χ4v) is 1.33. The summed E-state index contributed by atoms with van der Waals surface area (Å²) in [6.45, 7) is 4.29. The van der Waals surface area contributed by atoms with Crippen LogP contribution in [0.2, 0.25) is 0 Å². The number of ether oxygens (including phenoxy) is 1. The standard InChI is InChI=1S/C7H11NOS/c1-5(2)6-4-7(9-3)8-10-6/h4-5H,1-3H3. The number of hydrogen-bond donors (Lipinski definition) is 0. The van der Waals surface area contributed by atoms with Gasteiger partial charge >= 0.3 is 0 Å². The normalized spacial score (nSPS) is 10.4. The van der Waals surface area contributed by atoms with Crippen molar-refractivity contribution in [2.75, 3.05) is 7.11 Å². The Kier molecular flexibility index (Phi) is 2.27. The Hall–Kier alpha value is -0.570. The van der Waals surface area contributed by atoms with Crippen LogP contribution in [0.15, 0.2) is 6.07 Å². The van der Waals surface area contributed by atoms with E-state index < -0.39 is 0 Å². The highest BCUT2D eigenvalue weighted by molar-refractivity contribution is 7.06. The van der Waals surface area contributed by atoms with Crippen LogP contribution < -0.4 is 4.74 Å². The Bertz CT molecular complexity index is 207. The van der Waals surface area contributed by atoms with Gasteiger partial charge in [-0.2, -0.15) is 4.37 Å². The Morgan fingerprint density at radius 2 is 2.30 bits per heavy atom. The second-order valence-electron chi connectivity index (χ2n) is 2.43. The van der Waals surface area contributed by atoms with Crippen LogP contribution in [-0.2, 0) is 0 Å². The van der Waals surface area contributed by atoms with Crippen LogP contribution in [0.3, 0.4) is 0 Å². The molecule has 0 radical (unpaired) electrons. The molecule has 0 bridgehead atoms. The summed E-state index contributed by atoms with van der Waals surface area (Å²) < 4.78 is 9.02. The van der Waals surface area contributed by atoms with Crippen molar-refractivity contribution < 1.29 is 4.74 Å². The molecule has 0 N–H and O–H groups in total. The highest BCUT2D eigenvalue weighted by Gasteiger charge is 2.03. The van der Waals surface area contributed by atoms with Gasteiger partial charge in [-0.3, -0.25) is 0 Å². The van der Waals surface area contributed by atoms with Crippen molar-refractivity contribution in [1.29, 1.82) is 0 Å². The molecule has 1 rings (SSSR count). The number of rotatable bonds is 2. The van der Waals surface area contributed by atoms with Crippen LogP contribution in [0.25, 0.3) is 0 Å². The predicted octanol–water partition coefficient (Wildman–Crippen LogP) is 2.28. The molecule has 0 aromatic carbocycles. The smallest absolute Gasteiger partial charge is 0.225 e. The van der Waals surface area contributed by atoms with E-state index in [1.807, 2.05) is 6.07 Å². The molecule has 3 heteroatoms. The van der Waals surface area contributed by atoms with Gasteiger partial charge in [0.05, 0.1) is 7.11 Å². The summed E-state index contributed by atoms with van der Waals surface area (Å²) in [6.07, 6.45) is 0. The van der Waals surface area contributed by atoms with Gasteiger partial charge in [0.2, 0.25) is 5.88 Å². The van der Waals surface area contributed by atoms with Gasteiger partial charge in [-0.1, -0.05) is 13.8 Å². The molecule has 1 heterocycles. The van der Waals surface area contributed by atoms with Crippen LogP contribution in [0, 0.1) is 0 Å². The first-order valence-corrected chi connectivity index (χ1v) is 4.02. The van der Waals surface area contributed by atoms with Crippen molar-refractivity contribution in [3.05, 3.63) is 10.9 Å². The molecule has 1 aromatic heterocycles. The molecule has 0 unspecified atom stereocenters. The van der Waals surface area contributed by atoms with E-state index in [-0.39, 0.29) is 0 Å². The van der Waals surface area contributed by atoms with E-state index in [9.17, 15) is 0 Å². The highest BCUT2D eigenvalue weighted by atomic mass is 32.1. The van der Waals surface area contributed by atoms with Crippen LogP contribution in [0.4, 0.5) is 0 Å². The maximum Gasteiger partial charge on any atom is 0.225 e. The zero-order valence-electron chi connectivity index (χ0n) is 6.42. The third-order valence-electron chi connectivity index (χ3n) is 1.28. The van der Waals surface area contributed by atoms with Crippen molar-refractivity contribution in [3.8, 4) is 5.88 Å². The lowest BCUT2D eigenvalue weighted by Crippen LogP contribution is -1.81. The second kappa shape index (κ2) is 3.01. The molecular weight excluding hydrogens is 146 g/mol. The number of hydrogen-bond acceptors (Lipinski definition) is 3. The molecule has 0 saturated heterocycles. The first kappa shape index (κ1) is 7.54. The van der Waals surface area contributed by atoms with Gasteiger partial charge in [-0.25, -0.2) is 0 Å². The van der Waals surface area contributed by atoms with Crippen molar-refractivity contribution in [2.24, 2.45) is 0 Å². The monoisotopic (exact) mass is 157 g/mol. The number of methoxy groups -OCH3 is 1. The Morgan fingerprint density at radius 1 is 1.60 bits per heavy atom. The molecule has 1 aromatic rings. The van der Waals surface area contributed by atoms with E-state index in [2.05, 4.69) is 18.2 Å². The Morgan fingerprint density at radius 3 is 2.60 bits per heavy atom. The predicted molar refractivity (Wildman–Crippen MR) is 42.8 cm³/mol. The van der Waals surface area contributed by atoms with Crippen molar-refractivity contribution in [2.45, 2.75) is 19.8 Å². The van der Waals surface area contributed by atoms with Gasteiger partial charge in [0.25, 0.3) is 0 Å². The minimum Gasteiger partial charge on any atom is -0.480 e. The topological polar surface area (TPSA) is 22.1 Å². The van der Waals surface area contributed by atoms with Crippen molar-refractivity contribution >= 4 is 11.5 Å². The van der Waals surface area contributed by atoms with Gasteiger partial charge in [-0.15, -0.1) is 0 Å². The second-order valence-corrected chi connectivity index (χ2v) is 3.26. The largest absolute Gasteiger partial charge is 0.480 e. The third-order valence-corrected chi connectivity index (χ3v) is 2.36. The van der Waals surface area contributed by atoms with Crippen LogP contribution in [0.5, 0.6) is 5.88 Å². The molecule has 0 atom stereocenters. The molecule has 2 nitrogen and oxygen atoms in total. The van der Waals surface area contributed by atoms with E-state index in [1.165, 1.54) is 16.4 Å². The molecular formula is C7H11NOS. The lowest BCUT2D eigenvalue weighted by atomic mass is 10.2. The summed E-state index contributed by atoms with van der Waals surface area (Å²) in [5.74, 6) is 1.29. The molecule has 10 heavy (non-hydrogen) atoms. The molecule has 0 aliphatic rings. The fraction of sp³-hybridized carbons (Fsp3) is 0.571. The van der Waals surface area contributed by atoms with Crippen molar-refractivity contribution in [1.82, 2.24) is 4.37 Å². The quantitative estimate of drug-likeness (QED) is 0.657. The minimum absolute atomic E-state index is 0.557. The van der Waals surface area contributed by atoms with E-state index in [1.54, 1.807) is 7.11 Å². The number of aromatic nitrogens is 1. The molecule has 0 aliphatic heterocycles. The lowest BCUT2D eigenvalue weighted by Gasteiger charge is -1.94. The molecule has 0 saturated carbocycles. The van der Waals surface area contributed by atoms with Crippen LogP contribution >= 0.6 is 11.5 Å². The SMILES string of the molecule is COc1cc(C(C)C)sn1. The van der Waals surface area contributed by atoms with Crippen LogP contribution in [-0.4, -0.2) is 11.5 Å². The average molecular weight is 157 g/mol. The minimum atomic E-state index is 0.557. The molecule has 0 aliphatic carbocycles. The van der Waals surface area contributed by atoms with Gasteiger partial charge in [0.15, 0.2) is 0 Å². The summed E-state index contributed by atoms with van der Waals surface area (Å²) >= 11 is 1.51. The summed E-state index contributed by atoms with van der Waals surface area (Å²) in [4.78, 5) is 1.27. The summed E-state index contributed by atoms with van der Waals surface area (Å²) in [5, 5.41) is 0. The Labute approximate surface area is 65.0 Å². The van der Waals surface area contributed by atoms with E-state index in [0.717, 1.165) is 5.88 Å². The fourth-order valence-electron chi connectivity index (χ4n) is 0.640. The molecule has 0 fully saturated rings. The third kappa shape index (κ3) is 1.48. The number of nitrogens with zero attached hydrogens (tertiary/aromatic N) is 1. The van der Waals surface area contributed by atoms with E-state index >= 15 is 0 Å². The van der Waals surface area contributed by atoms with Gasteiger partial charge in [0.1, 0.15) is 0 Å². The van der Waals surface area contributed by atoms with E-state index in [0.29, 0.717) is 5.92 Å². The van der Waals surface area contributed by atoms with Crippen molar-refractivity contribution in [3.63, 3.8) is 0 Å². The van der Waals surface area contributed by atoms with Gasteiger partial charge in [0, 0.05) is 10.9 Å².